The Morgan fingerprint density at radius 1 is 1.32 bits per heavy atom. The quantitative estimate of drug-likeness (QED) is 0.821. The number of ether oxygens (including phenoxy) is 1. The first-order valence-corrected chi connectivity index (χ1v) is 6.29. The second kappa shape index (κ2) is 4.59. The van der Waals surface area contributed by atoms with Gasteiger partial charge >= 0.3 is 0 Å². The molecule has 2 heterocycles. The van der Waals surface area contributed by atoms with Gasteiger partial charge in [-0.25, -0.2) is 0 Å². The molecule has 0 aromatic heterocycles. The van der Waals surface area contributed by atoms with Gasteiger partial charge in [-0.05, 0) is 19.2 Å². The van der Waals surface area contributed by atoms with Crippen molar-refractivity contribution in [2.75, 3.05) is 26.7 Å². The molecule has 1 N–H and O–H groups in total. The minimum atomic E-state index is -0.698. The number of para-hydroxylation sites is 1. The number of hydrogen-bond acceptors (Lipinski definition) is 4. The van der Waals surface area contributed by atoms with Crippen LogP contribution in [0.4, 0.5) is 0 Å². The summed E-state index contributed by atoms with van der Waals surface area (Å²) in [4.78, 5) is 15.6. The van der Waals surface area contributed by atoms with Crippen LogP contribution in [0.5, 0.6) is 5.75 Å². The molecule has 1 unspecified atom stereocenters. The van der Waals surface area contributed by atoms with Gasteiger partial charge in [0.05, 0.1) is 6.54 Å². The van der Waals surface area contributed by atoms with Crippen molar-refractivity contribution in [3.8, 4) is 5.75 Å². The summed E-state index contributed by atoms with van der Waals surface area (Å²) in [6.45, 7) is 1.69. The smallest absolute Gasteiger partial charge is 0.239 e. The van der Waals surface area contributed by atoms with Crippen LogP contribution in [0.2, 0.25) is 0 Å². The summed E-state index contributed by atoms with van der Waals surface area (Å²) in [6, 6.07) is 7.46. The Morgan fingerprint density at radius 2 is 2.11 bits per heavy atom. The first kappa shape index (κ1) is 12.0. The normalized spacial score (nSPS) is 23.6. The Morgan fingerprint density at radius 3 is 2.89 bits per heavy atom. The molecule has 2 aliphatic rings. The molecule has 0 bridgehead atoms. The van der Waals surface area contributed by atoms with Crippen molar-refractivity contribution in [3.05, 3.63) is 35.6 Å². The lowest BCUT2D eigenvalue weighted by Crippen LogP contribution is -2.55. The van der Waals surface area contributed by atoms with Crippen molar-refractivity contribution in [1.29, 1.82) is 0 Å². The van der Waals surface area contributed by atoms with Crippen molar-refractivity contribution in [1.82, 2.24) is 9.80 Å². The molecule has 1 atom stereocenters. The number of hydrogen-bond donors (Lipinski definition) is 1. The van der Waals surface area contributed by atoms with E-state index in [4.69, 9.17) is 4.74 Å². The average molecular weight is 260 g/mol. The topological polar surface area (TPSA) is 53.0 Å². The molecular formula is C14H16N2O3. The van der Waals surface area contributed by atoms with Crippen LogP contribution < -0.4 is 4.74 Å². The van der Waals surface area contributed by atoms with Crippen LogP contribution in [0.3, 0.4) is 0 Å². The molecule has 3 rings (SSSR count). The van der Waals surface area contributed by atoms with Crippen molar-refractivity contribution in [2.24, 2.45) is 0 Å². The molecule has 1 saturated heterocycles. The van der Waals surface area contributed by atoms with E-state index in [1.54, 1.807) is 11.0 Å². The monoisotopic (exact) mass is 260 g/mol. The fraction of sp³-hybridized carbons (Fsp3) is 0.357. The van der Waals surface area contributed by atoms with Crippen molar-refractivity contribution in [3.63, 3.8) is 0 Å². The number of aliphatic hydroxyl groups excluding tert-OH is 1. The summed E-state index contributed by atoms with van der Waals surface area (Å²) in [6.07, 6.45) is 0.964. The Hall–Kier alpha value is -2.01. The van der Waals surface area contributed by atoms with E-state index in [0.717, 1.165) is 12.1 Å². The molecule has 1 aromatic rings. The summed E-state index contributed by atoms with van der Waals surface area (Å²) in [5, 5.41) is 10.1. The Kier molecular flexibility index (Phi) is 2.91. The van der Waals surface area contributed by atoms with Crippen LogP contribution in [0.25, 0.3) is 6.08 Å². The highest BCUT2D eigenvalue weighted by Gasteiger charge is 2.34. The standard InChI is InChI=1S/C14H16N2O3/c1-15-6-7-16(13(18)9-15)14-11(17)8-10-4-2-3-5-12(10)19-14/h2-5,8,14,17H,6-7,9H2,1H3. The maximum atomic E-state index is 12.0. The lowest BCUT2D eigenvalue weighted by molar-refractivity contribution is -0.144. The van der Waals surface area contributed by atoms with E-state index in [9.17, 15) is 9.90 Å². The number of carbonyl (C=O) groups is 1. The van der Waals surface area contributed by atoms with Gasteiger partial charge in [-0.3, -0.25) is 14.6 Å². The van der Waals surface area contributed by atoms with E-state index < -0.39 is 6.23 Å². The van der Waals surface area contributed by atoms with E-state index in [-0.39, 0.29) is 11.7 Å². The van der Waals surface area contributed by atoms with Crippen LogP contribution in [0.15, 0.2) is 30.0 Å². The largest absolute Gasteiger partial charge is 0.506 e. The molecule has 5 heteroatoms. The zero-order chi connectivity index (χ0) is 13.4. The highest BCUT2D eigenvalue weighted by atomic mass is 16.5. The summed E-state index contributed by atoms with van der Waals surface area (Å²) in [5.41, 5.74) is 0.831. The maximum absolute atomic E-state index is 12.0. The summed E-state index contributed by atoms with van der Waals surface area (Å²) in [7, 11) is 1.90. The fourth-order valence-corrected chi connectivity index (χ4v) is 2.39. The number of piperazine rings is 1. The number of amides is 1. The molecule has 1 aromatic carbocycles. The third-order valence-electron chi connectivity index (χ3n) is 3.45. The number of carbonyl (C=O) groups excluding carboxylic acids is 1. The lowest BCUT2D eigenvalue weighted by atomic mass is 10.1. The third kappa shape index (κ3) is 2.17. The van der Waals surface area contributed by atoms with Gasteiger partial charge in [-0.2, -0.15) is 0 Å². The van der Waals surface area contributed by atoms with Gasteiger partial charge in [0.2, 0.25) is 12.1 Å². The first-order chi connectivity index (χ1) is 9.15. The summed E-state index contributed by atoms with van der Waals surface area (Å²) >= 11 is 0. The average Bonchev–Trinajstić information content (AvgIpc) is 2.38. The first-order valence-electron chi connectivity index (χ1n) is 6.29. The van der Waals surface area contributed by atoms with Crippen LogP contribution in [-0.4, -0.2) is 53.7 Å². The van der Waals surface area contributed by atoms with Gasteiger partial charge in [-0.15, -0.1) is 0 Å². The minimum Gasteiger partial charge on any atom is -0.506 e. The highest BCUT2D eigenvalue weighted by Crippen LogP contribution is 2.30. The molecule has 2 aliphatic heterocycles. The zero-order valence-electron chi connectivity index (χ0n) is 10.7. The highest BCUT2D eigenvalue weighted by molar-refractivity contribution is 5.80. The van der Waals surface area contributed by atoms with Gasteiger partial charge < -0.3 is 9.84 Å². The molecular weight excluding hydrogens is 244 g/mol. The SMILES string of the molecule is CN1CCN(C2Oc3ccccc3C=C2O)C(=O)C1. The van der Waals surface area contributed by atoms with E-state index in [1.807, 2.05) is 36.2 Å². The molecule has 5 nitrogen and oxygen atoms in total. The predicted molar refractivity (Wildman–Crippen MR) is 70.7 cm³/mol. The molecule has 0 radical (unpaired) electrons. The van der Waals surface area contributed by atoms with Crippen molar-refractivity contribution >= 4 is 12.0 Å². The molecule has 19 heavy (non-hydrogen) atoms. The van der Waals surface area contributed by atoms with Gasteiger partial charge in [0.25, 0.3) is 0 Å². The maximum Gasteiger partial charge on any atom is 0.239 e. The Balaban J connectivity index is 1.86. The predicted octanol–water partition coefficient (Wildman–Crippen LogP) is 1.08. The summed E-state index contributed by atoms with van der Waals surface area (Å²) < 4.78 is 5.76. The van der Waals surface area contributed by atoms with Crippen LogP contribution in [0.1, 0.15) is 5.56 Å². The van der Waals surface area contributed by atoms with Gasteiger partial charge in [0.1, 0.15) is 5.75 Å². The molecule has 0 spiro atoms. The van der Waals surface area contributed by atoms with E-state index in [0.29, 0.717) is 18.8 Å². The number of fused-ring (bicyclic) bond motifs is 1. The molecule has 1 fully saturated rings. The Bertz CT molecular complexity index is 541. The summed E-state index contributed by atoms with van der Waals surface area (Å²) in [5.74, 6) is 0.742. The van der Waals surface area contributed by atoms with Gasteiger partial charge in [0.15, 0.2) is 5.76 Å². The minimum absolute atomic E-state index is 0.0296. The van der Waals surface area contributed by atoms with E-state index in [1.165, 1.54) is 0 Å². The van der Waals surface area contributed by atoms with Crippen LogP contribution in [0, 0.1) is 0 Å². The van der Waals surface area contributed by atoms with Crippen LogP contribution in [-0.2, 0) is 4.79 Å². The molecule has 0 aliphatic carbocycles. The van der Waals surface area contributed by atoms with E-state index >= 15 is 0 Å². The van der Waals surface area contributed by atoms with Gasteiger partial charge in [0, 0.05) is 18.7 Å². The Labute approximate surface area is 111 Å². The number of rotatable bonds is 1. The van der Waals surface area contributed by atoms with Gasteiger partial charge in [-0.1, -0.05) is 18.2 Å². The molecule has 1 amide bonds. The lowest BCUT2D eigenvalue weighted by Gasteiger charge is -2.38. The molecule has 0 saturated carbocycles. The number of likely N-dealkylation sites (N-methyl/N-ethyl adjacent to an activating group) is 1. The second-order valence-corrected chi connectivity index (χ2v) is 4.90. The van der Waals surface area contributed by atoms with E-state index in [2.05, 4.69) is 0 Å². The van der Waals surface area contributed by atoms with Crippen molar-refractivity contribution in [2.45, 2.75) is 6.23 Å². The number of aliphatic hydroxyl groups is 1. The second-order valence-electron chi connectivity index (χ2n) is 4.90. The fourth-order valence-electron chi connectivity index (χ4n) is 2.39. The third-order valence-corrected chi connectivity index (χ3v) is 3.45. The van der Waals surface area contributed by atoms with Crippen molar-refractivity contribution < 1.29 is 14.6 Å². The zero-order valence-corrected chi connectivity index (χ0v) is 10.7. The molecule has 100 valence electrons. The number of benzene rings is 1. The number of nitrogens with zero attached hydrogens (tertiary/aromatic N) is 2. The van der Waals surface area contributed by atoms with Crippen LogP contribution >= 0.6 is 0 Å².